The van der Waals surface area contributed by atoms with Crippen LogP contribution in [0.2, 0.25) is 0 Å². The van der Waals surface area contributed by atoms with E-state index in [1.165, 1.54) is 0 Å². The van der Waals surface area contributed by atoms with Crippen molar-refractivity contribution in [2.45, 2.75) is 38.2 Å². The van der Waals surface area contributed by atoms with Crippen molar-refractivity contribution >= 4 is 17.4 Å². The highest BCUT2D eigenvalue weighted by molar-refractivity contribution is 7.99. The third-order valence-electron chi connectivity index (χ3n) is 2.80. The van der Waals surface area contributed by atoms with E-state index in [0.717, 1.165) is 12.1 Å². The number of hydrogen-bond donors (Lipinski definition) is 1. The van der Waals surface area contributed by atoms with Crippen LogP contribution < -0.4 is 0 Å². The van der Waals surface area contributed by atoms with E-state index in [9.17, 15) is 10.1 Å². The van der Waals surface area contributed by atoms with Gasteiger partial charge in [-0.2, -0.15) is 11.8 Å². The van der Waals surface area contributed by atoms with E-state index in [1.54, 1.807) is 31.8 Å². The summed E-state index contributed by atoms with van der Waals surface area (Å²) in [6.45, 7) is 5.63. The van der Waals surface area contributed by atoms with E-state index >= 15 is 0 Å². The van der Waals surface area contributed by atoms with Gasteiger partial charge in [-0.25, -0.2) is 0 Å². The molecule has 1 aromatic heterocycles. The Balaban J connectivity index is 2.85. The van der Waals surface area contributed by atoms with Gasteiger partial charge in [-0.15, -0.1) is 0 Å². The molecule has 0 amide bonds. The molecular formula is C12H18N2O3S. The van der Waals surface area contributed by atoms with E-state index in [-0.39, 0.29) is 17.2 Å². The number of thioether (sulfide) groups is 1. The average molecular weight is 270 g/mol. The third kappa shape index (κ3) is 3.68. The van der Waals surface area contributed by atoms with Gasteiger partial charge in [0.15, 0.2) is 0 Å². The summed E-state index contributed by atoms with van der Waals surface area (Å²) in [5.74, 6) is 0.633. The summed E-state index contributed by atoms with van der Waals surface area (Å²) in [5.41, 5.74) is 2.15. The lowest BCUT2D eigenvalue weighted by Gasteiger charge is -2.11. The highest BCUT2D eigenvalue weighted by Crippen LogP contribution is 2.27. The Labute approximate surface area is 111 Å². The molecule has 18 heavy (non-hydrogen) atoms. The summed E-state index contributed by atoms with van der Waals surface area (Å²) < 4.78 is 0. The number of rotatable bonds is 6. The fourth-order valence-corrected chi connectivity index (χ4v) is 2.68. The lowest BCUT2D eigenvalue weighted by atomic mass is 10.1. The molecule has 0 saturated carbocycles. The second kappa shape index (κ2) is 6.70. The smallest absolute Gasteiger partial charge is 0.278 e. The van der Waals surface area contributed by atoms with Crippen molar-refractivity contribution < 1.29 is 10.0 Å². The Morgan fingerprint density at radius 2 is 2.22 bits per heavy atom. The van der Waals surface area contributed by atoms with Gasteiger partial charge in [-0.1, -0.05) is 6.92 Å². The molecule has 1 unspecified atom stereocenters. The van der Waals surface area contributed by atoms with Crippen LogP contribution in [-0.2, 0) is 5.75 Å². The molecule has 0 aromatic carbocycles. The standard InChI is InChI=1S/C12H18N2O3S/c1-8-6-13-11(7-18-9(2)4-5-15)10(3)12(8)14(16)17/h6,9,15H,4-5,7H2,1-3H3. The summed E-state index contributed by atoms with van der Waals surface area (Å²) in [7, 11) is 0. The third-order valence-corrected chi connectivity index (χ3v) is 4.04. The van der Waals surface area contributed by atoms with Crippen LogP contribution >= 0.6 is 11.8 Å². The number of aliphatic hydroxyl groups excluding tert-OH is 1. The molecular weight excluding hydrogens is 252 g/mol. The van der Waals surface area contributed by atoms with Crippen LogP contribution in [0.15, 0.2) is 6.20 Å². The zero-order valence-electron chi connectivity index (χ0n) is 10.8. The molecule has 0 spiro atoms. The predicted molar refractivity (Wildman–Crippen MR) is 72.8 cm³/mol. The Bertz CT molecular complexity index is 438. The molecule has 0 saturated heterocycles. The maximum Gasteiger partial charge on any atom is 0.278 e. The minimum atomic E-state index is -0.350. The number of aryl methyl sites for hydroxylation is 1. The molecule has 0 bridgehead atoms. The van der Waals surface area contributed by atoms with Crippen molar-refractivity contribution in [3.05, 3.63) is 33.1 Å². The molecule has 1 aromatic rings. The van der Waals surface area contributed by atoms with Crippen molar-refractivity contribution in [2.75, 3.05) is 6.61 Å². The summed E-state index contributed by atoms with van der Waals surface area (Å²) in [4.78, 5) is 14.9. The van der Waals surface area contributed by atoms with Crippen molar-refractivity contribution in [3.63, 3.8) is 0 Å². The molecule has 1 heterocycles. The van der Waals surface area contributed by atoms with E-state index in [1.807, 2.05) is 6.92 Å². The van der Waals surface area contributed by atoms with Gasteiger partial charge >= 0.3 is 0 Å². The molecule has 0 aliphatic carbocycles. The number of aromatic nitrogens is 1. The Kier molecular flexibility index (Phi) is 5.55. The van der Waals surface area contributed by atoms with Crippen LogP contribution in [0.25, 0.3) is 0 Å². The van der Waals surface area contributed by atoms with Crippen molar-refractivity contribution in [2.24, 2.45) is 0 Å². The summed E-state index contributed by atoms with van der Waals surface area (Å²) in [5, 5.41) is 20.1. The molecule has 1 rings (SSSR count). The maximum absolute atomic E-state index is 11.0. The molecule has 1 N–H and O–H groups in total. The van der Waals surface area contributed by atoms with Gasteiger partial charge in [0, 0.05) is 34.9 Å². The summed E-state index contributed by atoms with van der Waals surface area (Å²) in [6.07, 6.45) is 2.27. The van der Waals surface area contributed by atoms with Crippen molar-refractivity contribution in [1.82, 2.24) is 4.98 Å². The number of hydrogen-bond acceptors (Lipinski definition) is 5. The second-order valence-corrected chi connectivity index (χ2v) is 5.68. The first-order chi connectivity index (χ1) is 8.47. The molecule has 100 valence electrons. The van der Waals surface area contributed by atoms with Crippen LogP contribution in [0.1, 0.15) is 30.2 Å². The van der Waals surface area contributed by atoms with Gasteiger partial charge in [-0.05, 0) is 20.3 Å². The van der Waals surface area contributed by atoms with Crippen molar-refractivity contribution in [3.8, 4) is 0 Å². The quantitative estimate of drug-likeness (QED) is 0.635. The van der Waals surface area contributed by atoms with Gasteiger partial charge in [0.25, 0.3) is 5.69 Å². The van der Waals surface area contributed by atoms with Gasteiger partial charge < -0.3 is 5.11 Å². The monoisotopic (exact) mass is 270 g/mol. The molecule has 5 nitrogen and oxygen atoms in total. The normalized spacial score (nSPS) is 12.4. The number of nitrogens with zero attached hydrogens (tertiary/aromatic N) is 2. The molecule has 1 atom stereocenters. The minimum absolute atomic E-state index is 0.161. The molecule has 0 fully saturated rings. The molecule has 6 heteroatoms. The maximum atomic E-state index is 11.0. The van der Waals surface area contributed by atoms with Gasteiger partial charge in [0.1, 0.15) is 0 Å². The Morgan fingerprint density at radius 3 is 2.78 bits per heavy atom. The van der Waals surface area contributed by atoms with Crippen LogP contribution in [0, 0.1) is 24.0 Å². The van der Waals surface area contributed by atoms with Crippen LogP contribution in [0.5, 0.6) is 0 Å². The zero-order valence-corrected chi connectivity index (χ0v) is 11.7. The Hall–Kier alpha value is -1.14. The van der Waals surface area contributed by atoms with E-state index < -0.39 is 0 Å². The van der Waals surface area contributed by atoms with Crippen LogP contribution in [0.3, 0.4) is 0 Å². The number of nitro groups is 1. The SMILES string of the molecule is Cc1cnc(CSC(C)CCO)c(C)c1[N+](=O)[O-]. The topological polar surface area (TPSA) is 76.3 Å². The van der Waals surface area contributed by atoms with Gasteiger partial charge in [0.2, 0.25) is 0 Å². The first-order valence-corrected chi connectivity index (χ1v) is 6.84. The first kappa shape index (κ1) is 14.9. The fraction of sp³-hybridized carbons (Fsp3) is 0.583. The zero-order chi connectivity index (χ0) is 13.7. The highest BCUT2D eigenvalue weighted by atomic mass is 32.2. The molecule has 0 aliphatic rings. The largest absolute Gasteiger partial charge is 0.396 e. The van der Waals surface area contributed by atoms with E-state index in [4.69, 9.17) is 5.11 Å². The fourth-order valence-electron chi connectivity index (χ4n) is 1.68. The van der Waals surface area contributed by atoms with Crippen LogP contribution in [0.4, 0.5) is 5.69 Å². The second-order valence-electron chi connectivity index (χ2n) is 4.25. The average Bonchev–Trinajstić information content (AvgIpc) is 2.28. The minimum Gasteiger partial charge on any atom is -0.396 e. The summed E-state index contributed by atoms with van der Waals surface area (Å²) >= 11 is 1.65. The van der Waals surface area contributed by atoms with Crippen LogP contribution in [-0.4, -0.2) is 26.9 Å². The number of pyridine rings is 1. The lowest BCUT2D eigenvalue weighted by molar-refractivity contribution is -0.386. The highest BCUT2D eigenvalue weighted by Gasteiger charge is 2.18. The predicted octanol–water partition coefficient (Wildman–Crippen LogP) is 2.61. The van der Waals surface area contributed by atoms with E-state index in [2.05, 4.69) is 4.98 Å². The summed E-state index contributed by atoms with van der Waals surface area (Å²) in [6, 6.07) is 0. The molecule has 0 radical (unpaired) electrons. The number of aliphatic hydroxyl groups is 1. The molecule has 0 aliphatic heterocycles. The van der Waals surface area contributed by atoms with Crippen molar-refractivity contribution in [1.29, 1.82) is 0 Å². The van der Waals surface area contributed by atoms with Gasteiger partial charge in [0.05, 0.1) is 10.6 Å². The Morgan fingerprint density at radius 1 is 1.56 bits per heavy atom. The van der Waals surface area contributed by atoms with E-state index in [0.29, 0.717) is 22.1 Å². The van der Waals surface area contributed by atoms with Gasteiger partial charge in [-0.3, -0.25) is 15.1 Å². The lowest BCUT2D eigenvalue weighted by Crippen LogP contribution is -2.04. The first-order valence-electron chi connectivity index (χ1n) is 5.79.